The number of thiophene rings is 1. The summed E-state index contributed by atoms with van der Waals surface area (Å²) in [7, 11) is 1.54. The van der Waals surface area contributed by atoms with E-state index < -0.39 is 0 Å². The number of fused-ring (bicyclic) bond motifs is 1. The summed E-state index contributed by atoms with van der Waals surface area (Å²) in [6.45, 7) is 3.30. The highest BCUT2D eigenvalue weighted by Gasteiger charge is 2.19. The minimum Gasteiger partial charge on any atom is -0.497 e. The fraction of sp³-hybridized carbons (Fsp3) is 0.136. The van der Waals surface area contributed by atoms with Crippen molar-refractivity contribution in [3.8, 4) is 11.4 Å². The molecule has 2 amide bonds. The molecular weight excluding hydrogens is 436 g/mol. The maximum Gasteiger partial charge on any atom is 0.265 e. The van der Waals surface area contributed by atoms with Crippen molar-refractivity contribution in [3.05, 3.63) is 64.1 Å². The molecule has 4 rings (SSSR count). The molecule has 0 atom stereocenters. The minimum atomic E-state index is -0.300. The number of aryl methyl sites for hydroxylation is 1. The first-order valence-electron chi connectivity index (χ1n) is 9.38. The van der Waals surface area contributed by atoms with Gasteiger partial charge in [0, 0.05) is 18.4 Å². The van der Waals surface area contributed by atoms with Crippen molar-refractivity contribution in [1.29, 1.82) is 0 Å². The number of nitrogens with one attached hydrogen (secondary N) is 2. The Labute approximate surface area is 187 Å². The second-order valence-electron chi connectivity index (χ2n) is 6.82. The van der Waals surface area contributed by atoms with Crippen molar-refractivity contribution in [3.63, 3.8) is 0 Å². The second kappa shape index (κ2) is 8.41. The van der Waals surface area contributed by atoms with Crippen LogP contribution in [0.2, 0.25) is 5.02 Å². The quantitative estimate of drug-likeness (QED) is 0.430. The molecule has 0 fully saturated rings. The molecule has 0 aliphatic heterocycles. The number of hydrogen-bond acceptors (Lipinski definition) is 5. The van der Waals surface area contributed by atoms with Gasteiger partial charge in [-0.1, -0.05) is 23.7 Å². The number of nitrogens with zero attached hydrogens (tertiary/aromatic N) is 2. The summed E-state index contributed by atoms with van der Waals surface area (Å²) in [5.74, 6) is 0.0232. The Morgan fingerprint density at radius 1 is 1.10 bits per heavy atom. The monoisotopic (exact) mass is 454 g/mol. The van der Waals surface area contributed by atoms with Gasteiger partial charge in [-0.3, -0.25) is 9.59 Å². The third-order valence-corrected chi connectivity index (χ3v) is 6.06. The van der Waals surface area contributed by atoms with E-state index in [2.05, 4.69) is 15.7 Å². The van der Waals surface area contributed by atoms with Crippen LogP contribution in [-0.2, 0) is 4.79 Å². The molecule has 2 heterocycles. The molecule has 4 aromatic rings. The van der Waals surface area contributed by atoms with Crippen LogP contribution in [0.25, 0.3) is 15.9 Å². The predicted molar refractivity (Wildman–Crippen MR) is 124 cm³/mol. The van der Waals surface area contributed by atoms with E-state index in [-0.39, 0.29) is 11.8 Å². The van der Waals surface area contributed by atoms with E-state index in [0.717, 1.165) is 21.6 Å². The van der Waals surface area contributed by atoms with Crippen LogP contribution in [0.1, 0.15) is 22.3 Å². The van der Waals surface area contributed by atoms with E-state index >= 15 is 0 Å². The maximum absolute atomic E-state index is 13.0. The fourth-order valence-electron chi connectivity index (χ4n) is 3.18. The molecule has 0 bridgehead atoms. The van der Waals surface area contributed by atoms with Gasteiger partial charge in [0.1, 0.15) is 10.6 Å². The molecule has 158 valence electrons. The highest BCUT2D eigenvalue weighted by atomic mass is 35.5. The third-order valence-electron chi connectivity index (χ3n) is 4.63. The molecule has 9 heteroatoms. The maximum atomic E-state index is 13.0. The Morgan fingerprint density at radius 2 is 1.87 bits per heavy atom. The van der Waals surface area contributed by atoms with Crippen LogP contribution in [0.4, 0.5) is 11.4 Å². The number of rotatable bonds is 5. The van der Waals surface area contributed by atoms with Crippen molar-refractivity contribution in [1.82, 2.24) is 9.78 Å². The van der Waals surface area contributed by atoms with Gasteiger partial charge >= 0.3 is 0 Å². The number of carbonyl (C=O) groups is 2. The first-order chi connectivity index (χ1) is 14.9. The molecule has 31 heavy (non-hydrogen) atoms. The summed E-state index contributed by atoms with van der Waals surface area (Å²) >= 11 is 7.67. The molecule has 0 aliphatic carbocycles. The first-order valence-corrected chi connectivity index (χ1v) is 10.6. The second-order valence-corrected chi connectivity index (χ2v) is 8.26. The number of benzene rings is 2. The fourth-order valence-corrected chi connectivity index (χ4v) is 4.47. The standard InChI is InChI=1S/C22H19ClN4O3S/c1-12-15-11-20(31-22(15)27(26-12)19-7-5-4-6-16(19)23)21(29)25-18-10-14(30-3)8-9-17(18)24-13(2)28/h4-11H,1-3H3,(H,24,28)(H,25,29). The lowest BCUT2D eigenvalue weighted by Gasteiger charge is -2.12. The van der Waals surface area contributed by atoms with Gasteiger partial charge < -0.3 is 15.4 Å². The molecule has 2 aromatic carbocycles. The average molecular weight is 455 g/mol. The first kappa shape index (κ1) is 20.9. The Bertz CT molecular complexity index is 1310. The summed E-state index contributed by atoms with van der Waals surface area (Å²) in [5.41, 5.74) is 2.48. The molecule has 2 aromatic heterocycles. The Hall–Kier alpha value is -3.36. The third kappa shape index (κ3) is 4.12. The summed E-state index contributed by atoms with van der Waals surface area (Å²) in [6, 6.07) is 14.3. The molecule has 7 nitrogen and oxygen atoms in total. The number of amides is 2. The van der Waals surface area contributed by atoms with Crippen molar-refractivity contribution >= 4 is 56.3 Å². The van der Waals surface area contributed by atoms with Crippen LogP contribution < -0.4 is 15.4 Å². The number of halogens is 1. The minimum absolute atomic E-state index is 0.238. The zero-order valence-corrected chi connectivity index (χ0v) is 18.6. The lowest BCUT2D eigenvalue weighted by atomic mass is 10.2. The molecule has 0 radical (unpaired) electrons. The number of para-hydroxylation sites is 1. The lowest BCUT2D eigenvalue weighted by Crippen LogP contribution is -2.14. The van der Waals surface area contributed by atoms with Gasteiger partial charge in [0.25, 0.3) is 5.91 Å². The SMILES string of the molecule is COc1ccc(NC(C)=O)c(NC(=O)c2cc3c(C)nn(-c4ccccc4Cl)c3s2)c1. The number of methoxy groups -OCH3 is 1. The average Bonchev–Trinajstić information content (AvgIpc) is 3.30. The van der Waals surface area contributed by atoms with Crippen molar-refractivity contribution in [2.24, 2.45) is 0 Å². The van der Waals surface area contributed by atoms with E-state index in [1.165, 1.54) is 25.4 Å². The summed E-state index contributed by atoms with van der Waals surface area (Å²) in [5, 5.41) is 11.6. The summed E-state index contributed by atoms with van der Waals surface area (Å²) < 4.78 is 7.00. The highest BCUT2D eigenvalue weighted by molar-refractivity contribution is 7.20. The lowest BCUT2D eigenvalue weighted by molar-refractivity contribution is -0.114. The molecule has 0 unspecified atom stereocenters. The highest BCUT2D eigenvalue weighted by Crippen LogP contribution is 2.34. The molecular formula is C22H19ClN4O3S. The predicted octanol–water partition coefficient (Wildman–Crippen LogP) is 5.27. The van der Waals surface area contributed by atoms with E-state index in [1.54, 1.807) is 28.9 Å². The Balaban J connectivity index is 1.71. The van der Waals surface area contributed by atoms with E-state index in [4.69, 9.17) is 16.3 Å². The normalized spacial score (nSPS) is 10.8. The topological polar surface area (TPSA) is 85.2 Å². The molecule has 0 saturated carbocycles. The van der Waals surface area contributed by atoms with Gasteiger partial charge in [0.15, 0.2) is 0 Å². The number of aromatic nitrogens is 2. The molecule has 2 N–H and O–H groups in total. The van der Waals surface area contributed by atoms with Crippen molar-refractivity contribution < 1.29 is 14.3 Å². The summed E-state index contributed by atoms with van der Waals surface area (Å²) in [6.07, 6.45) is 0. The zero-order chi connectivity index (χ0) is 22.1. The largest absolute Gasteiger partial charge is 0.497 e. The van der Waals surface area contributed by atoms with E-state index in [0.29, 0.717) is 27.0 Å². The Kier molecular flexibility index (Phi) is 5.67. The van der Waals surface area contributed by atoms with E-state index in [9.17, 15) is 9.59 Å². The van der Waals surface area contributed by atoms with Crippen molar-refractivity contribution in [2.45, 2.75) is 13.8 Å². The van der Waals surface area contributed by atoms with Crippen LogP contribution in [0.15, 0.2) is 48.5 Å². The van der Waals surface area contributed by atoms with Gasteiger partial charge in [-0.2, -0.15) is 5.10 Å². The van der Waals surface area contributed by atoms with Crippen LogP contribution in [-0.4, -0.2) is 28.7 Å². The van der Waals surface area contributed by atoms with Crippen LogP contribution in [0.3, 0.4) is 0 Å². The van der Waals surface area contributed by atoms with Gasteiger partial charge in [0.05, 0.1) is 39.8 Å². The smallest absolute Gasteiger partial charge is 0.265 e. The zero-order valence-electron chi connectivity index (χ0n) is 17.0. The molecule has 0 spiro atoms. The van der Waals surface area contributed by atoms with Crippen molar-refractivity contribution in [2.75, 3.05) is 17.7 Å². The molecule has 0 saturated heterocycles. The number of hydrogen-bond donors (Lipinski definition) is 2. The van der Waals surface area contributed by atoms with Gasteiger partial charge in [-0.05, 0) is 37.3 Å². The van der Waals surface area contributed by atoms with Crippen LogP contribution >= 0.6 is 22.9 Å². The summed E-state index contributed by atoms with van der Waals surface area (Å²) in [4.78, 5) is 25.9. The molecule has 0 aliphatic rings. The number of carbonyl (C=O) groups excluding carboxylic acids is 2. The number of ether oxygens (including phenoxy) is 1. The van der Waals surface area contributed by atoms with Gasteiger partial charge in [-0.25, -0.2) is 4.68 Å². The van der Waals surface area contributed by atoms with Gasteiger partial charge in [-0.15, -0.1) is 11.3 Å². The number of anilines is 2. The van der Waals surface area contributed by atoms with Crippen LogP contribution in [0.5, 0.6) is 5.75 Å². The van der Waals surface area contributed by atoms with E-state index in [1.807, 2.05) is 31.2 Å². The van der Waals surface area contributed by atoms with Gasteiger partial charge in [0.2, 0.25) is 5.91 Å². The van der Waals surface area contributed by atoms with Crippen LogP contribution in [0, 0.1) is 6.92 Å². The Morgan fingerprint density at radius 3 is 2.58 bits per heavy atom.